The van der Waals surface area contributed by atoms with E-state index in [1.807, 2.05) is 0 Å². The van der Waals surface area contributed by atoms with E-state index in [-0.39, 0.29) is 0 Å². The second kappa shape index (κ2) is 11.5. The second-order valence-electron chi connectivity index (χ2n) is 13.1. The van der Waals surface area contributed by atoms with E-state index in [9.17, 15) is 0 Å². The van der Waals surface area contributed by atoms with Crippen LogP contribution in [0.25, 0.3) is 55.3 Å². The van der Waals surface area contributed by atoms with Gasteiger partial charge < -0.3 is 19.9 Å². The Hall–Kier alpha value is -3.99. The van der Waals surface area contributed by atoms with Crippen LogP contribution in [0.2, 0.25) is 0 Å². The molecule has 4 N–H and O–H groups in total. The molecule has 10 bridgehead atoms. The van der Waals surface area contributed by atoms with Gasteiger partial charge in [0.15, 0.2) is 0 Å². The van der Waals surface area contributed by atoms with Crippen LogP contribution < -0.4 is 0 Å². The highest BCUT2D eigenvalue weighted by Crippen LogP contribution is 2.37. The van der Waals surface area contributed by atoms with Crippen LogP contribution in [0.3, 0.4) is 0 Å². The molecule has 6 heterocycles. The van der Waals surface area contributed by atoms with Crippen molar-refractivity contribution in [2.24, 2.45) is 0 Å². The van der Waals surface area contributed by atoms with E-state index in [1.54, 1.807) is 0 Å². The predicted molar refractivity (Wildman–Crippen MR) is 191 cm³/mol. The minimum absolute atomic E-state index is 1.04. The zero-order chi connectivity index (χ0) is 31.4. The van der Waals surface area contributed by atoms with Crippen LogP contribution >= 0.6 is 0 Å². The van der Waals surface area contributed by atoms with Crippen molar-refractivity contribution in [2.75, 3.05) is 0 Å². The normalized spacial score (nSPS) is 12.8. The van der Waals surface area contributed by atoms with E-state index >= 15 is 0 Å². The summed E-state index contributed by atoms with van der Waals surface area (Å²) < 4.78 is 0. The Kier molecular flexibility index (Phi) is 7.85. The predicted octanol–water partition coefficient (Wildman–Crippen LogP) is 11.1. The highest BCUT2D eigenvalue weighted by Gasteiger charge is 2.21. The number of aromatic nitrogens is 5. The van der Waals surface area contributed by atoms with Gasteiger partial charge in [0.1, 0.15) is 0 Å². The molecule has 0 aromatic carbocycles. The van der Waals surface area contributed by atoms with E-state index in [1.165, 1.54) is 103 Å². The number of nitrogens with zero attached hydrogens (tertiary/aromatic N) is 1. The fourth-order valence-electron chi connectivity index (χ4n) is 6.98. The Bertz CT molecular complexity index is 1970. The average Bonchev–Trinajstić information content (AvgIpc) is 3.72. The van der Waals surface area contributed by atoms with E-state index in [0.29, 0.717) is 0 Å². The van der Waals surface area contributed by atoms with Gasteiger partial charge in [-0.05, 0) is 155 Å². The highest BCUT2D eigenvalue weighted by atomic mass is 14.8. The van der Waals surface area contributed by atoms with Gasteiger partial charge in [-0.15, -0.1) is 0 Å². The Morgan fingerprint density at radius 3 is 1.20 bits per heavy atom. The van der Waals surface area contributed by atoms with Crippen molar-refractivity contribution in [3.63, 3.8) is 0 Å². The zero-order valence-corrected chi connectivity index (χ0v) is 28.4. The summed E-state index contributed by atoms with van der Waals surface area (Å²) in [6.07, 6.45) is 6.83. The molecule has 0 radical (unpaired) electrons. The van der Waals surface area contributed by atoms with Crippen molar-refractivity contribution >= 4 is 55.3 Å². The smallest absolute Gasteiger partial charge is 0.0908 e. The van der Waals surface area contributed by atoms with Gasteiger partial charge in [0.25, 0.3) is 0 Å². The van der Waals surface area contributed by atoms with E-state index in [0.717, 1.165) is 46.3 Å². The van der Waals surface area contributed by atoms with Crippen LogP contribution in [0.15, 0.2) is 18.2 Å². The summed E-state index contributed by atoms with van der Waals surface area (Å²) in [5.74, 6) is 0. The third-order valence-electron chi connectivity index (χ3n) is 10.5. The van der Waals surface area contributed by atoms with Gasteiger partial charge in [-0.2, -0.15) is 0 Å². The number of rotatable bonds is 6. The van der Waals surface area contributed by atoms with Gasteiger partial charge in [0, 0.05) is 33.1 Å². The summed E-state index contributed by atoms with van der Waals surface area (Å²) in [5.41, 5.74) is 24.4. The minimum atomic E-state index is 1.04. The number of fused-ring (bicyclic) bond motifs is 12. The number of allylic oxidation sites excluding steroid dienone is 2. The molecule has 1 aliphatic rings. The molecule has 0 aliphatic carbocycles. The Morgan fingerprint density at radius 1 is 0.455 bits per heavy atom. The van der Waals surface area contributed by atoms with Crippen molar-refractivity contribution in [3.05, 3.63) is 74.1 Å². The summed E-state index contributed by atoms with van der Waals surface area (Å²) >= 11 is 0. The third kappa shape index (κ3) is 4.81. The van der Waals surface area contributed by atoms with Gasteiger partial charge in [-0.3, -0.25) is 0 Å². The van der Waals surface area contributed by atoms with Crippen molar-refractivity contribution in [2.45, 2.75) is 108 Å². The first-order chi connectivity index (χ1) is 21.0. The molecule has 6 rings (SSSR count). The molecule has 1 aliphatic heterocycles. The highest BCUT2D eigenvalue weighted by molar-refractivity contribution is 6.00. The van der Waals surface area contributed by atoms with Crippen LogP contribution in [0, 0.1) is 41.5 Å². The molecule has 0 spiro atoms. The first kappa shape index (κ1) is 30.1. The second-order valence-corrected chi connectivity index (χ2v) is 13.1. The molecule has 0 amide bonds. The summed E-state index contributed by atoms with van der Waals surface area (Å²) in [5, 5.41) is 0. The number of nitrogens with one attached hydrogen (secondary N) is 4. The van der Waals surface area contributed by atoms with Gasteiger partial charge >= 0.3 is 0 Å². The molecule has 0 atom stereocenters. The Morgan fingerprint density at radius 2 is 0.818 bits per heavy atom. The van der Waals surface area contributed by atoms with Gasteiger partial charge in [-0.1, -0.05) is 26.7 Å². The van der Waals surface area contributed by atoms with Crippen LogP contribution in [-0.2, 0) is 12.8 Å². The topological polar surface area (TPSA) is 76.0 Å². The fraction of sp³-hybridized carbons (Fsp3) is 0.410. The molecule has 0 unspecified atom stereocenters. The SMILES string of the molecule is CCCCc1c(C)c2cc3[nH]c(c4nc(c5[nH]c(cc6[nH]c(cc1[nH]2)c(CCCC)c6C)c(C)c5C)C(C)=C4C)c(C)c3C. The number of H-pyrrole nitrogens is 4. The van der Waals surface area contributed by atoms with E-state index in [4.69, 9.17) is 4.98 Å². The molecule has 5 aromatic rings. The number of hydrogen-bond acceptors (Lipinski definition) is 1. The summed E-state index contributed by atoms with van der Waals surface area (Å²) in [7, 11) is 0. The fourth-order valence-corrected chi connectivity index (χ4v) is 6.98. The van der Waals surface area contributed by atoms with Gasteiger partial charge in [0.2, 0.25) is 0 Å². The van der Waals surface area contributed by atoms with Crippen LogP contribution in [0.4, 0.5) is 0 Å². The number of aromatic amines is 4. The van der Waals surface area contributed by atoms with Crippen molar-refractivity contribution in [3.8, 4) is 0 Å². The number of hydrogen-bond donors (Lipinski definition) is 4. The standard InChI is InChI=1S/C39H49N5/c1-11-13-15-28-26(9)32-17-30-20(3)22(5)36(42-30)38-24(7)25(8)39(44-38)37-23(6)21(4)31(43-37)18-33-27(10)29(16-14-12-2)35(41-33)19-34(28)40-32/h17-19,40-43H,11-16H2,1-10H3. The van der Waals surface area contributed by atoms with Crippen LogP contribution in [0.1, 0.15) is 109 Å². The maximum atomic E-state index is 5.32. The lowest BCUT2D eigenvalue weighted by Crippen LogP contribution is -1.87. The monoisotopic (exact) mass is 587 g/mol. The quantitative estimate of drug-likeness (QED) is 0.157. The van der Waals surface area contributed by atoms with Crippen molar-refractivity contribution in [1.29, 1.82) is 0 Å². The zero-order valence-electron chi connectivity index (χ0n) is 28.4. The average molecular weight is 588 g/mol. The number of aryl methyl sites for hydroxylation is 8. The van der Waals surface area contributed by atoms with Crippen LogP contribution in [0.5, 0.6) is 0 Å². The molecule has 44 heavy (non-hydrogen) atoms. The molecule has 0 fully saturated rings. The Labute approximate surface area is 261 Å². The molecule has 5 aromatic heterocycles. The maximum absolute atomic E-state index is 5.32. The molecule has 0 saturated carbocycles. The molecule has 5 nitrogen and oxygen atoms in total. The molecule has 0 saturated heterocycles. The largest absolute Gasteiger partial charge is 0.355 e. The molecule has 230 valence electrons. The molecular weight excluding hydrogens is 538 g/mol. The van der Waals surface area contributed by atoms with Gasteiger partial charge in [0.05, 0.1) is 22.4 Å². The number of unbranched alkanes of at least 4 members (excludes halogenated alkanes) is 2. The molecular formula is C39H49N5. The van der Waals surface area contributed by atoms with Crippen LogP contribution in [-0.4, -0.2) is 24.9 Å². The third-order valence-corrected chi connectivity index (χ3v) is 10.5. The van der Waals surface area contributed by atoms with E-state index in [2.05, 4.69) is 107 Å². The lowest BCUT2D eigenvalue weighted by molar-refractivity contribution is 0.796. The lowest BCUT2D eigenvalue weighted by atomic mass is 10.0. The first-order valence-corrected chi connectivity index (χ1v) is 16.6. The van der Waals surface area contributed by atoms with E-state index < -0.39 is 0 Å². The summed E-state index contributed by atoms with van der Waals surface area (Å²) in [6, 6.07) is 7.00. The maximum Gasteiger partial charge on any atom is 0.0908 e. The molecule has 5 heteroatoms. The minimum Gasteiger partial charge on any atom is -0.355 e. The van der Waals surface area contributed by atoms with Gasteiger partial charge in [-0.25, -0.2) is 4.98 Å². The summed E-state index contributed by atoms with van der Waals surface area (Å²) in [6.45, 7) is 22.4. The summed E-state index contributed by atoms with van der Waals surface area (Å²) in [4.78, 5) is 20.7. The first-order valence-electron chi connectivity index (χ1n) is 16.6. The van der Waals surface area contributed by atoms with Crippen molar-refractivity contribution < 1.29 is 0 Å². The van der Waals surface area contributed by atoms with Crippen molar-refractivity contribution in [1.82, 2.24) is 24.9 Å². The lowest BCUT2D eigenvalue weighted by Gasteiger charge is -2.01. The Balaban J connectivity index is 1.84.